The molecule has 1 aliphatic rings. The highest BCUT2D eigenvalue weighted by Crippen LogP contribution is 2.13. The fourth-order valence-electron chi connectivity index (χ4n) is 2.50. The van der Waals surface area contributed by atoms with Gasteiger partial charge in [0, 0.05) is 31.6 Å². The first kappa shape index (κ1) is 22.5. The summed E-state index contributed by atoms with van der Waals surface area (Å²) in [5.41, 5.74) is 0.593. The van der Waals surface area contributed by atoms with Gasteiger partial charge in [-0.2, -0.15) is 0 Å². The summed E-state index contributed by atoms with van der Waals surface area (Å²) in [6.07, 6.45) is 1.27. The van der Waals surface area contributed by atoms with Crippen LogP contribution in [0.1, 0.15) is 23.7 Å². The topological polar surface area (TPSA) is 110 Å². The maximum Gasteiger partial charge on any atom is 0.163 e. The molecule has 2 rings (SSSR count). The highest BCUT2D eigenvalue weighted by Gasteiger charge is 2.16. The van der Waals surface area contributed by atoms with Gasteiger partial charge in [0.2, 0.25) is 0 Å². The Labute approximate surface area is 157 Å². The van der Waals surface area contributed by atoms with Crippen LogP contribution in [0.4, 0.5) is 4.39 Å². The molecule has 1 unspecified atom stereocenters. The number of ketones is 1. The summed E-state index contributed by atoms with van der Waals surface area (Å²) in [7, 11) is 0. The van der Waals surface area contributed by atoms with E-state index < -0.39 is 11.9 Å². The molecule has 0 aromatic heterocycles. The van der Waals surface area contributed by atoms with E-state index in [9.17, 15) is 29.0 Å². The van der Waals surface area contributed by atoms with Gasteiger partial charge in [0.05, 0.1) is 25.2 Å². The molecule has 0 aliphatic carbocycles. The van der Waals surface area contributed by atoms with Crippen LogP contribution in [0.5, 0.6) is 0 Å². The second-order valence-electron chi connectivity index (χ2n) is 6.12. The third kappa shape index (κ3) is 10.2. The average Bonchev–Trinajstić information content (AvgIpc) is 2.61. The number of carbonyl (C=O) groups is 3. The molecule has 1 heterocycles. The zero-order valence-electron chi connectivity index (χ0n) is 15.1. The van der Waals surface area contributed by atoms with Crippen molar-refractivity contribution in [2.45, 2.75) is 13.3 Å². The van der Waals surface area contributed by atoms with Gasteiger partial charge in [-0.05, 0) is 42.3 Å². The maximum absolute atomic E-state index is 12.8. The number of nitrogens with zero attached hydrogens (tertiary/aromatic N) is 1. The predicted octanol–water partition coefficient (Wildman–Crippen LogP) is -0.591. The molecular formula is C19H22FNO6-2. The third-order valence-corrected chi connectivity index (χ3v) is 3.73. The minimum absolute atomic E-state index is 0.0840. The van der Waals surface area contributed by atoms with Gasteiger partial charge in [-0.1, -0.05) is 6.92 Å². The highest BCUT2D eigenvalue weighted by atomic mass is 19.1. The van der Waals surface area contributed by atoms with Crippen molar-refractivity contribution in [1.82, 2.24) is 4.90 Å². The Morgan fingerprint density at radius 3 is 2.11 bits per heavy atom. The lowest BCUT2D eigenvalue weighted by molar-refractivity contribution is -0.301. The number of rotatable bonds is 7. The fourth-order valence-corrected chi connectivity index (χ4v) is 2.50. The van der Waals surface area contributed by atoms with Crippen molar-refractivity contribution in [3.05, 3.63) is 47.8 Å². The molecule has 0 amide bonds. The summed E-state index contributed by atoms with van der Waals surface area (Å²) in [6, 6.07) is 5.78. The molecular weight excluding hydrogens is 357 g/mol. The van der Waals surface area contributed by atoms with Gasteiger partial charge >= 0.3 is 0 Å². The summed E-state index contributed by atoms with van der Waals surface area (Å²) in [4.78, 5) is 33.2. The standard InChI is InChI=1S/C15H20FNO2.C4H4O4/c1-12(11-17-6-8-19-9-7-17)10-15(18)13-2-4-14(16)5-3-13;5-3(6)1-2-4(7)8/h2-5,12H,6-11H2,1H3;1-2H,(H,5,6)(H,7,8)/p-2/b;2-1-. The summed E-state index contributed by atoms with van der Waals surface area (Å²) in [5.74, 6) is -3.02. The van der Waals surface area contributed by atoms with Crippen LogP contribution in [0.25, 0.3) is 0 Å². The molecule has 1 atom stereocenters. The van der Waals surface area contributed by atoms with Crippen molar-refractivity contribution in [2.24, 2.45) is 5.92 Å². The number of halogens is 1. The van der Waals surface area contributed by atoms with Crippen LogP contribution in [-0.2, 0) is 14.3 Å². The first-order valence-electron chi connectivity index (χ1n) is 8.47. The number of aliphatic carboxylic acids is 2. The summed E-state index contributed by atoms with van der Waals surface area (Å²) in [6.45, 7) is 6.43. The first-order chi connectivity index (χ1) is 12.8. The minimum atomic E-state index is -1.55. The Hall–Kier alpha value is -2.58. The molecule has 0 saturated carbocycles. The zero-order valence-corrected chi connectivity index (χ0v) is 15.1. The van der Waals surface area contributed by atoms with E-state index >= 15 is 0 Å². The number of hydrogen-bond donors (Lipinski definition) is 0. The number of hydrogen-bond acceptors (Lipinski definition) is 7. The van der Waals surface area contributed by atoms with Gasteiger partial charge in [0.1, 0.15) is 5.82 Å². The van der Waals surface area contributed by atoms with E-state index in [2.05, 4.69) is 11.8 Å². The molecule has 1 fully saturated rings. The number of carboxylic acids is 2. The monoisotopic (exact) mass is 379 g/mol. The second kappa shape index (κ2) is 11.9. The number of benzene rings is 1. The van der Waals surface area contributed by atoms with E-state index in [1.807, 2.05) is 0 Å². The molecule has 0 bridgehead atoms. The lowest BCUT2D eigenvalue weighted by atomic mass is 9.99. The van der Waals surface area contributed by atoms with E-state index in [4.69, 9.17) is 4.74 Å². The number of carboxylic acid groups (broad SMARTS) is 2. The number of Topliss-reactive ketones (excluding diaryl/α,β-unsaturated/α-hetero) is 1. The Morgan fingerprint density at radius 2 is 1.63 bits per heavy atom. The third-order valence-electron chi connectivity index (χ3n) is 3.73. The van der Waals surface area contributed by atoms with Gasteiger partial charge in [-0.15, -0.1) is 0 Å². The van der Waals surface area contributed by atoms with Gasteiger partial charge in [-0.25, -0.2) is 4.39 Å². The van der Waals surface area contributed by atoms with E-state index in [1.165, 1.54) is 12.1 Å². The van der Waals surface area contributed by atoms with Crippen LogP contribution in [0.3, 0.4) is 0 Å². The molecule has 7 nitrogen and oxygen atoms in total. The Morgan fingerprint density at radius 1 is 1.11 bits per heavy atom. The zero-order chi connectivity index (χ0) is 20.2. The Balaban J connectivity index is 0.000000387. The van der Waals surface area contributed by atoms with Crippen LogP contribution >= 0.6 is 0 Å². The quantitative estimate of drug-likeness (QED) is 0.460. The largest absolute Gasteiger partial charge is 0.545 e. The molecule has 1 aliphatic heterocycles. The van der Waals surface area contributed by atoms with Crippen molar-refractivity contribution in [2.75, 3.05) is 32.8 Å². The van der Waals surface area contributed by atoms with Crippen molar-refractivity contribution in [3.8, 4) is 0 Å². The summed E-state index contributed by atoms with van der Waals surface area (Å²) >= 11 is 0. The van der Waals surface area contributed by atoms with Crippen molar-refractivity contribution >= 4 is 17.7 Å². The molecule has 8 heteroatoms. The van der Waals surface area contributed by atoms with Gasteiger partial charge in [0.25, 0.3) is 0 Å². The molecule has 1 aromatic rings. The van der Waals surface area contributed by atoms with Crippen LogP contribution in [0, 0.1) is 11.7 Å². The lowest BCUT2D eigenvalue weighted by Crippen LogP contribution is -2.39. The molecule has 1 saturated heterocycles. The summed E-state index contributed by atoms with van der Waals surface area (Å²) in [5, 5.41) is 18.8. The molecule has 0 spiro atoms. The number of morpholine rings is 1. The SMILES string of the molecule is CC(CC(=O)c1ccc(F)cc1)CN1CCOCC1.O=C([O-])/C=C\C(=O)[O-]. The van der Waals surface area contributed by atoms with Crippen LogP contribution in [0.2, 0.25) is 0 Å². The van der Waals surface area contributed by atoms with Crippen molar-refractivity contribution in [1.29, 1.82) is 0 Å². The highest BCUT2D eigenvalue weighted by molar-refractivity contribution is 5.96. The second-order valence-corrected chi connectivity index (χ2v) is 6.12. The van der Waals surface area contributed by atoms with Crippen LogP contribution in [0.15, 0.2) is 36.4 Å². The maximum atomic E-state index is 12.8. The Bertz CT molecular complexity index is 637. The van der Waals surface area contributed by atoms with Crippen molar-refractivity contribution < 1.29 is 33.7 Å². The molecule has 0 N–H and O–H groups in total. The van der Waals surface area contributed by atoms with E-state index in [-0.39, 0.29) is 11.6 Å². The average molecular weight is 379 g/mol. The predicted molar refractivity (Wildman–Crippen MR) is 90.9 cm³/mol. The van der Waals surface area contributed by atoms with Crippen LogP contribution in [-0.4, -0.2) is 55.5 Å². The molecule has 148 valence electrons. The lowest BCUT2D eigenvalue weighted by Gasteiger charge is -2.28. The number of carbonyl (C=O) groups excluding carboxylic acids is 3. The van der Waals surface area contributed by atoms with Crippen LogP contribution < -0.4 is 10.2 Å². The minimum Gasteiger partial charge on any atom is -0.545 e. The van der Waals surface area contributed by atoms with E-state index in [0.717, 1.165) is 32.8 Å². The molecule has 1 aromatic carbocycles. The first-order valence-corrected chi connectivity index (χ1v) is 8.47. The molecule has 0 radical (unpaired) electrons. The fraction of sp³-hybridized carbons (Fsp3) is 0.421. The normalized spacial score (nSPS) is 15.6. The Kier molecular flexibility index (Phi) is 9.92. The van der Waals surface area contributed by atoms with Gasteiger partial charge in [-0.3, -0.25) is 9.69 Å². The van der Waals surface area contributed by atoms with Crippen molar-refractivity contribution in [3.63, 3.8) is 0 Å². The van der Waals surface area contributed by atoms with E-state index in [0.29, 0.717) is 30.1 Å². The smallest absolute Gasteiger partial charge is 0.163 e. The number of ether oxygens (including phenoxy) is 1. The summed E-state index contributed by atoms with van der Waals surface area (Å²) < 4.78 is 18.1. The van der Waals surface area contributed by atoms with Gasteiger partial charge in [0.15, 0.2) is 5.78 Å². The van der Waals surface area contributed by atoms with E-state index in [1.54, 1.807) is 12.1 Å². The van der Waals surface area contributed by atoms with Gasteiger partial charge < -0.3 is 24.5 Å². The molecule has 27 heavy (non-hydrogen) atoms.